The fourth-order valence-electron chi connectivity index (χ4n) is 2.22. The summed E-state index contributed by atoms with van der Waals surface area (Å²) in [5.41, 5.74) is 0. The number of anilines is 1. The van der Waals surface area contributed by atoms with Crippen molar-refractivity contribution in [3.05, 3.63) is 24.4 Å². The van der Waals surface area contributed by atoms with E-state index in [9.17, 15) is 0 Å². The molecule has 1 N–H and O–H groups in total. The van der Waals surface area contributed by atoms with Crippen LogP contribution in [-0.4, -0.2) is 39.5 Å². The Kier molecular flexibility index (Phi) is 5.63. The van der Waals surface area contributed by atoms with Crippen LogP contribution in [0.1, 0.15) is 12.8 Å². The first-order valence-electron chi connectivity index (χ1n) is 7.03. The molecule has 0 saturated carbocycles. The van der Waals surface area contributed by atoms with Gasteiger partial charge < -0.3 is 19.5 Å². The molecule has 0 saturated heterocycles. The second-order valence-electron chi connectivity index (χ2n) is 4.71. The van der Waals surface area contributed by atoms with E-state index in [-0.39, 0.29) is 0 Å². The third kappa shape index (κ3) is 3.76. The van der Waals surface area contributed by atoms with Crippen LogP contribution in [0.3, 0.4) is 0 Å². The molecule has 2 rings (SSSR count). The summed E-state index contributed by atoms with van der Waals surface area (Å²) < 4.78 is 15.7. The Morgan fingerprint density at radius 3 is 2.52 bits per heavy atom. The monoisotopic (exact) mass is 290 g/mol. The number of unbranched alkanes of at least 4 members (excludes halogenated alkanes) is 1. The highest BCUT2D eigenvalue weighted by Crippen LogP contribution is 2.34. The van der Waals surface area contributed by atoms with Crippen molar-refractivity contribution in [2.45, 2.75) is 12.8 Å². The van der Waals surface area contributed by atoms with Crippen LogP contribution in [0.5, 0.6) is 11.5 Å². The summed E-state index contributed by atoms with van der Waals surface area (Å²) in [6.07, 6.45) is 3.87. The predicted octanol–water partition coefficient (Wildman–Crippen LogP) is 3.09. The van der Waals surface area contributed by atoms with Crippen LogP contribution in [0.4, 0.5) is 5.82 Å². The summed E-state index contributed by atoms with van der Waals surface area (Å²) in [5.74, 6) is 2.30. The van der Waals surface area contributed by atoms with Crippen molar-refractivity contribution in [2.24, 2.45) is 0 Å². The molecule has 0 unspecified atom stereocenters. The van der Waals surface area contributed by atoms with Crippen LogP contribution in [0.2, 0.25) is 0 Å². The van der Waals surface area contributed by atoms with Crippen molar-refractivity contribution in [3.8, 4) is 11.5 Å². The highest BCUT2D eigenvalue weighted by atomic mass is 16.5. The van der Waals surface area contributed by atoms with Gasteiger partial charge in [-0.1, -0.05) is 0 Å². The number of hydrogen-bond donors (Lipinski definition) is 1. The van der Waals surface area contributed by atoms with Gasteiger partial charge in [0.1, 0.15) is 5.82 Å². The first-order chi connectivity index (χ1) is 10.3. The number of rotatable bonds is 8. The van der Waals surface area contributed by atoms with Crippen molar-refractivity contribution in [3.63, 3.8) is 0 Å². The number of benzene rings is 1. The molecule has 21 heavy (non-hydrogen) atoms. The second-order valence-corrected chi connectivity index (χ2v) is 4.71. The molecule has 0 aliphatic heterocycles. The molecule has 0 aliphatic carbocycles. The Hall–Kier alpha value is -2.01. The Morgan fingerprint density at radius 2 is 1.81 bits per heavy atom. The molecule has 0 radical (unpaired) electrons. The number of pyridine rings is 1. The number of ether oxygens (including phenoxy) is 3. The summed E-state index contributed by atoms with van der Waals surface area (Å²) in [7, 11) is 5.00. The van der Waals surface area contributed by atoms with E-state index in [1.54, 1.807) is 27.5 Å². The van der Waals surface area contributed by atoms with Crippen molar-refractivity contribution in [1.29, 1.82) is 0 Å². The summed E-state index contributed by atoms with van der Waals surface area (Å²) >= 11 is 0. The van der Waals surface area contributed by atoms with Gasteiger partial charge in [-0.2, -0.15) is 0 Å². The van der Waals surface area contributed by atoms with E-state index in [1.165, 1.54) is 0 Å². The third-order valence-electron chi connectivity index (χ3n) is 3.34. The van der Waals surface area contributed by atoms with E-state index in [1.807, 2.05) is 18.2 Å². The Balaban J connectivity index is 2.19. The quantitative estimate of drug-likeness (QED) is 0.757. The van der Waals surface area contributed by atoms with E-state index < -0.39 is 0 Å². The normalized spacial score (nSPS) is 10.6. The lowest BCUT2D eigenvalue weighted by Crippen LogP contribution is -2.05. The number of fused-ring (bicyclic) bond motifs is 1. The van der Waals surface area contributed by atoms with Crippen molar-refractivity contribution >= 4 is 16.6 Å². The lowest BCUT2D eigenvalue weighted by molar-refractivity contribution is 0.194. The van der Waals surface area contributed by atoms with Crippen molar-refractivity contribution in [1.82, 2.24) is 4.98 Å². The van der Waals surface area contributed by atoms with Gasteiger partial charge in [-0.3, -0.25) is 0 Å². The maximum Gasteiger partial charge on any atom is 0.161 e. The van der Waals surface area contributed by atoms with Gasteiger partial charge in [-0.05, 0) is 36.4 Å². The molecule has 0 amide bonds. The zero-order valence-corrected chi connectivity index (χ0v) is 12.8. The summed E-state index contributed by atoms with van der Waals surface area (Å²) in [4.78, 5) is 4.42. The summed E-state index contributed by atoms with van der Waals surface area (Å²) in [5, 5.41) is 5.47. The van der Waals surface area contributed by atoms with Gasteiger partial charge in [0, 0.05) is 31.8 Å². The second kappa shape index (κ2) is 7.69. The maximum atomic E-state index is 5.36. The van der Waals surface area contributed by atoms with E-state index in [0.717, 1.165) is 48.3 Å². The van der Waals surface area contributed by atoms with E-state index in [0.29, 0.717) is 5.75 Å². The minimum Gasteiger partial charge on any atom is -0.493 e. The molecule has 0 bridgehead atoms. The van der Waals surface area contributed by atoms with Crippen LogP contribution >= 0.6 is 0 Å². The average Bonchev–Trinajstić information content (AvgIpc) is 2.53. The van der Waals surface area contributed by atoms with Gasteiger partial charge in [0.05, 0.1) is 14.2 Å². The van der Waals surface area contributed by atoms with Crippen LogP contribution < -0.4 is 14.8 Å². The van der Waals surface area contributed by atoms with E-state index in [4.69, 9.17) is 14.2 Å². The van der Waals surface area contributed by atoms with Crippen molar-refractivity contribution in [2.75, 3.05) is 39.8 Å². The Morgan fingerprint density at radius 1 is 1.05 bits per heavy atom. The molecule has 1 heterocycles. The minimum atomic E-state index is 0.709. The third-order valence-corrected chi connectivity index (χ3v) is 3.34. The van der Waals surface area contributed by atoms with Gasteiger partial charge in [-0.25, -0.2) is 4.98 Å². The van der Waals surface area contributed by atoms with Gasteiger partial charge in [0.15, 0.2) is 11.5 Å². The minimum absolute atomic E-state index is 0.709. The van der Waals surface area contributed by atoms with Gasteiger partial charge >= 0.3 is 0 Å². The fourth-order valence-corrected chi connectivity index (χ4v) is 2.22. The lowest BCUT2D eigenvalue weighted by Gasteiger charge is -2.12. The Bertz CT molecular complexity index is 587. The van der Waals surface area contributed by atoms with Gasteiger partial charge in [0.2, 0.25) is 0 Å². The molecule has 0 aliphatic rings. The lowest BCUT2D eigenvalue weighted by atomic mass is 10.1. The molecule has 0 spiro atoms. The topological polar surface area (TPSA) is 52.6 Å². The number of hydrogen-bond acceptors (Lipinski definition) is 5. The molecule has 5 heteroatoms. The largest absolute Gasteiger partial charge is 0.493 e. The predicted molar refractivity (Wildman–Crippen MR) is 84.4 cm³/mol. The highest BCUT2D eigenvalue weighted by molar-refractivity contribution is 5.94. The van der Waals surface area contributed by atoms with Crippen LogP contribution in [0.25, 0.3) is 10.8 Å². The number of nitrogens with one attached hydrogen (secondary N) is 1. The average molecular weight is 290 g/mol. The molecular formula is C16H22N2O3. The molecule has 1 aromatic carbocycles. The van der Waals surface area contributed by atoms with Crippen LogP contribution in [0, 0.1) is 0 Å². The number of nitrogens with zero attached hydrogens (tertiary/aromatic N) is 1. The SMILES string of the molecule is COCCCCNc1nccc2cc(OC)c(OC)cc12. The highest BCUT2D eigenvalue weighted by Gasteiger charge is 2.09. The van der Waals surface area contributed by atoms with Crippen LogP contribution in [-0.2, 0) is 4.74 Å². The first kappa shape index (κ1) is 15.4. The molecular weight excluding hydrogens is 268 g/mol. The van der Waals surface area contributed by atoms with Crippen molar-refractivity contribution < 1.29 is 14.2 Å². The smallest absolute Gasteiger partial charge is 0.161 e. The molecule has 0 fully saturated rings. The number of aromatic nitrogens is 1. The van der Waals surface area contributed by atoms with Crippen LogP contribution in [0.15, 0.2) is 24.4 Å². The Labute approximate surface area is 125 Å². The number of methoxy groups -OCH3 is 3. The fraction of sp³-hybridized carbons (Fsp3) is 0.438. The zero-order valence-electron chi connectivity index (χ0n) is 12.8. The molecule has 0 atom stereocenters. The van der Waals surface area contributed by atoms with Gasteiger partial charge in [-0.15, -0.1) is 0 Å². The first-order valence-corrected chi connectivity index (χ1v) is 7.03. The maximum absolute atomic E-state index is 5.36. The van der Waals surface area contributed by atoms with E-state index in [2.05, 4.69) is 10.3 Å². The summed E-state index contributed by atoms with van der Waals surface area (Å²) in [6.45, 7) is 1.65. The zero-order chi connectivity index (χ0) is 15.1. The van der Waals surface area contributed by atoms with E-state index >= 15 is 0 Å². The van der Waals surface area contributed by atoms with Gasteiger partial charge in [0.25, 0.3) is 0 Å². The molecule has 114 valence electrons. The summed E-state index contributed by atoms with van der Waals surface area (Å²) in [6, 6.07) is 5.89. The molecule has 2 aromatic rings. The molecule has 1 aromatic heterocycles. The molecule has 5 nitrogen and oxygen atoms in total. The standard InChI is InChI=1S/C16H22N2O3/c1-19-9-5-4-7-17-16-13-11-15(21-3)14(20-2)10-12(13)6-8-18-16/h6,8,10-11H,4-5,7,9H2,1-3H3,(H,17,18).